The molecule has 1 amide bonds. The van der Waals surface area contributed by atoms with Gasteiger partial charge in [-0.15, -0.1) is 0 Å². The van der Waals surface area contributed by atoms with Crippen molar-refractivity contribution in [3.05, 3.63) is 30.1 Å². The minimum absolute atomic E-state index is 0.0155. The molecule has 1 aromatic rings. The Kier molecular flexibility index (Phi) is 5.36. The number of nitrogens with zero attached hydrogens (tertiary/aromatic N) is 2. The van der Waals surface area contributed by atoms with Crippen LogP contribution in [0.2, 0.25) is 0 Å². The predicted molar refractivity (Wildman–Crippen MR) is 81.3 cm³/mol. The summed E-state index contributed by atoms with van der Waals surface area (Å²) < 4.78 is 57.7. The molecule has 0 bridgehead atoms. The molecule has 0 fully saturated rings. The number of rotatable bonds is 5. The van der Waals surface area contributed by atoms with Gasteiger partial charge < -0.3 is 9.84 Å². The standard InChI is InChI=1S/C16H18F4N2O3/c1-10(2)7-12-8-15(24,16(18,19)20)22(21-12)14(23)9-25-13-5-3-11(17)4-6-13/h3-6,10,24H,7-9H2,1-2H3/t15-/m1/s1. The number of carbonyl (C=O) groups is 1. The van der Waals surface area contributed by atoms with Crippen molar-refractivity contribution in [2.45, 2.75) is 38.6 Å². The molecule has 0 saturated heterocycles. The highest BCUT2D eigenvalue weighted by Gasteiger charge is 2.63. The third-order valence-corrected chi connectivity index (χ3v) is 3.55. The summed E-state index contributed by atoms with van der Waals surface area (Å²) in [6.45, 7) is 2.80. The molecular formula is C16H18F4N2O3. The molecular weight excluding hydrogens is 344 g/mol. The van der Waals surface area contributed by atoms with Crippen molar-refractivity contribution in [2.24, 2.45) is 11.0 Å². The van der Waals surface area contributed by atoms with Gasteiger partial charge in [-0.25, -0.2) is 4.39 Å². The molecule has 0 aromatic heterocycles. The maximum atomic E-state index is 13.3. The number of carbonyl (C=O) groups excluding carboxylic acids is 1. The smallest absolute Gasteiger partial charge is 0.438 e. The highest BCUT2D eigenvalue weighted by atomic mass is 19.4. The molecule has 0 radical (unpaired) electrons. The first-order valence-electron chi connectivity index (χ1n) is 7.60. The van der Waals surface area contributed by atoms with Crippen molar-refractivity contribution in [3.8, 4) is 5.75 Å². The van der Waals surface area contributed by atoms with E-state index in [1.54, 1.807) is 13.8 Å². The van der Waals surface area contributed by atoms with Crippen LogP contribution in [-0.4, -0.2) is 40.2 Å². The number of hydrogen-bond donors (Lipinski definition) is 1. The van der Waals surface area contributed by atoms with Gasteiger partial charge in [-0.1, -0.05) is 13.8 Å². The summed E-state index contributed by atoms with van der Waals surface area (Å²) in [6, 6.07) is 4.63. The van der Waals surface area contributed by atoms with Gasteiger partial charge in [-0.2, -0.15) is 23.3 Å². The fourth-order valence-electron chi connectivity index (χ4n) is 2.42. The van der Waals surface area contributed by atoms with Crippen LogP contribution >= 0.6 is 0 Å². The number of hydrogen-bond acceptors (Lipinski definition) is 4. The summed E-state index contributed by atoms with van der Waals surface area (Å²) in [5.41, 5.74) is -3.30. The van der Waals surface area contributed by atoms with Crippen LogP contribution in [0.1, 0.15) is 26.7 Å². The average molecular weight is 362 g/mol. The van der Waals surface area contributed by atoms with Crippen molar-refractivity contribution in [3.63, 3.8) is 0 Å². The lowest BCUT2D eigenvalue weighted by Crippen LogP contribution is -2.57. The minimum atomic E-state index is -5.07. The number of ether oxygens (including phenoxy) is 1. The Hall–Kier alpha value is -2.16. The molecule has 0 unspecified atom stereocenters. The number of hydrazone groups is 1. The van der Waals surface area contributed by atoms with Gasteiger partial charge in [0.2, 0.25) is 0 Å². The van der Waals surface area contributed by atoms with E-state index in [9.17, 15) is 27.5 Å². The molecule has 1 atom stereocenters. The molecule has 0 saturated carbocycles. The van der Waals surface area contributed by atoms with Crippen LogP contribution in [0.4, 0.5) is 17.6 Å². The van der Waals surface area contributed by atoms with E-state index in [0.717, 1.165) is 12.1 Å². The maximum absolute atomic E-state index is 13.3. The van der Waals surface area contributed by atoms with Gasteiger partial charge in [-0.3, -0.25) is 4.79 Å². The van der Waals surface area contributed by atoms with Crippen molar-refractivity contribution in [2.75, 3.05) is 6.61 Å². The molecule has 5 nitrogen and oxygen atoms in total. The molecule has 0 spiro atoms. The monoisotopic (exact) mass is 362 g/mol. The zero-order valence-corrected chi connectivity index (χ0v) is 13.7. The van der Waals surface area contributed by atoms with Gasteiger partial charge >= 0.3 is 6.18 Å². The quantitative estimate of drug-likeness (QED) is 0.819. The molecule has 1 N–H and O–H groups in total. The number of halogens is 4. The second-order valence-corrected chi connectivity index (χ2v) is 6.20. The first kappa shape index (κ1) is 19.2. The molecule has 2 rings (SSSR count). The van der Waals surface area contributed by atoms with Gasteiger partial charge in [0.25, 0.3) is 11.6 Å². The van der Waals surface area contributed by atoms with Crippen LogP contribution in [0.3, 0.4) is 0 Å². The topological polar surface area (TPSA) is 62.1 Å². The lowest BCUT2D eigenvalue weighted by atomic mass is 9.99. The van der Waals surface area contributed by atoms with Gasteiger partial charge in [0.15, 0.2) is 6.61 Å². The van der Waals surface area contributed by atoms with Crippen LogP contribution in [-0.2, 0) is 4.79 Å². The van der Waals surface area contributed by atoms with Crippen LogP contribution in [0, 0.1) is 11.7 Å². The fourth-order valence-corrected chi connectivity index (χ4v) is 2.42. The van der Waals surface area contributed by atoms with Crippen LogP contribution in [0.5, 0.6) is 5.75 Å². The number of aliphatic hydroxyl groups is 1. The SMILES string of the molecule is CC(C)CC1=NN(C(=O)COc2ccc(F)cc2)[C@](O)(C(F)(F)F)C1. The van der Waals surface area contributed by atoms with Crippen molar-refractivity contribution in [1.29, 1.82) is 0 Å². The van der Waals surface area contributed by atoms with E-state index in [2.05, 4.69) is 5.10 Å². The van der Waals surface area contributed by atoms with E-state index in [4.69, 9.17) is 4.74 Å². The summed E-state index contributed by atoms with van der Waals surface area (Å²) in [7, 11) is 0. The molecule has 1 aliphatic heterocycles. The van der Waals surface area contributed by atoms with E-state index in [0.29, 0.717) is 0 Å². The zero-order valence-electron chi connectivity index (χ0n) is 13.7. The summed E-state index contributed by atoms with van der Waals surface area (Å²) >= 11 is 0. The lowest BCUT2D eigenvalue weighted by molar-refractivity contribution is -0.302. The second kappa shape index (κ2) is 6.99. The minimum Gasteiger partial charge on any atom is -0.484 e. The van der Waals surface area contributed by atoms with Crippen molar-refractivity contribution >= 4 is 11.6 Å². The Morgan fingerprint density at radius 2 is 1.96 bits per heavy atom. The van der Waals surface area contributed by atoms with Gasteiger partial charge in [0, 0.05) is 12.1 Å². The van der Waals surface area contributed by atoms with E-state index >= 15 is 0 Å². The zero-order chi connectivity index (χ0) is 18.8. The van der Waals surface area contributed by atoms with Crippen molar-refractivity contribution in [1.82, 2.24) is 5.01 Å². The Labute approximate surface area is 141 Å². The Bertz CT molecular complexity index is 658. The largest absolute Gasteiger partial charge is 0.484 e. The summed E-state index contributed by atoms with van der Waals surface area (Å²) in [5, 5.41) is 13.7. The Morgan fingerprint density at radius 3 is 2.48 bits per heavy atom. The fraction of sp³-hybridized carbons (Fsp3) is 0.500. The van der Waals surface area contributed by atoms with Crippen LogP contribution < -0.4 is 4.74 Å². The van der Waals surface area contributed by atoms with E-state index in [1.165, 1.54) is 12.1 Å². The molecule has 1 aliphatic rings. The molecule has 0 aliphatic carbocycles. The van der Waals surface area contributed by atoms with E-state index < -0.39 is 36.7 Å². The molecule has 9 heteroatoms. The maximum Gasteiger partial charge on any atom is 0.438 e. The van der Waals surface area contributed by atoms with Gasteiger partial charge in [0.05, 0.1) is 0 Å². The Morgan fingerprint density at radius 1 is 1.36 bits per heavy atom. The summed E-state index contributed by atoms with van der Waals surface area (Å²) in [5.74, 6) is -1.55. The third kappa shape index (κ3) is 4.28. The van der Waals surface area contributed by atoms with Crippen LogP contribution in [0.15, 0.2) is 29.4 Å². The molecule has 138 valence electrons. The summed E-state index contributed by atoms with van der Waals surface area (Å²) in [6.07, 6.45) is -5.64. The van der Waals surface area contributed by atoms with Crippen LogP contribution in [0.25, 0.3) is 0 Å². The first-order chi connectivity index (χ1) is 11.5. The highest BCUT2D eigenvalue weighted by Crippen LogP contribution is 2.41. The summed E-state index contributed by atoms with van der Waals surface area (Å²) in [4.78, 5) is 12.1. The first-order valence-corrected chi connectivity index (χ1v) is 7.60. The number of amides is 1. The molecule has 25 heavy (non-hydrogen) atoms. The van der Waals surface area contributed by atoms with Gasteiger partial charge in [0.1, 0.15) is 11.6 Å². The average Bonchev–Trinajstić information content (AvgIpc) is 2.83. The second-order valence-electron chi connectivity index (χ2n) is 6.20. The third-order valence-electron chi connectivity index (χ3n) is 3.55. The number of alkyl halides is 3. The Balaban J connectivity index is 2.14. The van der Waals surface area contributed by atoms with Gasteiger partial charge in [-0.05, 0) is 36.6 Å². The number of benzene rings is 1. The molecule has 1 aromatic carbocycles. The molecule has 1 heterocycles. The lowest BCUT2D eigenvalue weighted by Gasteiger charge is -2.32. The van der Waals surface area contributed by atoms with E-state index in [1.807, 2.05) is 0 Å². The highest BCUT2D eigenvalue weighted by molar-refractivity contribution is 5.91. The normalized spacial score (nSPS) is 20.8. The van der Waals surface area contributed by atoms with E-state index in [-0.39, 0.29) is 28.8 Å². The predicted octanol–water partition coefficient (Wildman–Crippen LogP) is 3.09. The van der Waals surface area contributed by atoms with Crippen molar-refractivity contribution < 1.29 is 32.2 Å².